The van der Waals surface area contributed by atoms with Gasteiger partial charge in [-0.3, -0.25) is 4.99 Å². The number of hydrogen-bond donors (Lipinski definition) is 3. The lowest BCUT2D eigenvalue weighted by atomic mass is 9.93. The zero-order valence-electron chi connectivity index (χ0n) is 18.1. The van der Waals surface area contributed by atoms with E-state index in [-0.39, 0.29) is 24.0 Å². The molecule has 0 unspecified atom stereocenters. The minimum atomic E-state index is -0.659. The molecule has 0 saturated carbocycles. The zero-order chi connectivity index (χ0) is 19.3. The second-order valence-electron chi connectivity index (χ2n) is 7.70. The Kier molecular flexibility index (Phi) is 15.7. The lowest BCUT2D eigenvalue weighted by molar-refractivity contribution is 0.0306. The zero-order valence-corrected chi connectivity index (χ0v) is 20.4. The van der Waals surface area contributed by atoms with Crippen LogP contribution in [0, 0.1) is 0 Å². The molecule has 1 aliphatic heterocycles. The van der Waals surface area contributed by atoms with Crippen molar-refractivity contribution in [3.63, 3.8) is 0 Å². The molecule has 0 aromatic heterocycles. The third-order valence-corrected chi connectivity index (χ3v) is 5.10. The fraction of sp³-hybridized carbons (Fsp3) is 0.950. The van der Waals surface area contributed by atoms with Gasteiger partial charge in [0.15, 0.2) is 5.96 Å². The van der Waals surface area contributed by atoms with Gasteiger partial charge in [-0.05, 0) is 46.2 Å². The minimum Gasteiger partial charge on any atom is -0.388 e. The molecular weight excluding hydrogens is 453 g/mol. The Balaban J connectivity index is 0.00000676. The lowest BCUT2D eigenvalue weighted by Crippen LogP contribution is -2.44. The van der Waals surface area contributed by atoms with E-state index in [0.717, 1.165) is 51.2 Å². The van der Waals surface area contributed by atoms with Gasteiger partial charge in [0.2, 0.25) is 0 Å². The highest BCUT2D eigenvalue weighted by Gasteiger charge is 2.24. The predicted molar refractivity (Wildman–Crippen MR) is 127 cm³/mol. The molecule has 7 heteroatoms. The molecular formula is C20H44IN5O. The van der Waals surface area contributed by atoms with Gasteiger partial charge in [0.25, 0.3) is 0 Å². The summed E-state index contributed by atoms with van der Waals surface area (Å²) in [6.45, 7) is 14.5. The first-order chi connectivity index (χ1) is 12.5. The largest absolute Gasteiger partial charge is 0.388 e. The monoisotopic (exact) mass is 497 g/mol. The van der Waals surface area contributed by atoms with Crippen LogP contribution in [0.1, 0.15) is 59.3 Å². The first kappa shape index (κ1) is 26.9. The van der Waals surface area contributed by atoms with E-state index in [2.05, 4.69) is 53.2 Å². The molecule has 1 aliphatic rings. The number of nitrogens with zero attached hydrogens (tertiary/aromatic N) is 3. The van der Waals surface area contributed by atoms with E-state index in [1.165, 1.54) is 39.1 Å². The number of aliphatic hydroxyl groups is 1. The van der Waals surface area contributed by atoms with Crippen molar-refractivity contribution in [1.29, 1.82) is 0 Å². The van der Waals surface area contributed by atoms with Crippen LogP contribution in [-0.4, -0.2) is 85.9 Å². The second kappa shape index (κ2) is 15.8. The van der Waals surface area contributed by atoms with Gasteiger partial charge < -0.3 is 25.5 Å². The van der Waals surface area contributed by atoms with Gasteiger partial charge in [-0.15, -0.1) is 24.0 Å². The van der Waals surface area contributed by atoms with Gasteiger partial charge in [0.1, 0.15) is 0 Å². The minimum absolute atomic E-state index is 0. The molecule has 0 radical (unpaired) electrons. The third kappa shape index (κ3) is 12.1. The van der Waals surface area contributed by atoms with Crippen LogP contribution in [0.2, 0.25) is 0 Å². The van der Waals surface area contributed by atoms with Crippen molar-refractivity contribution in [2.24, 2.45) is 4.99 Å². The van der Waals surface area contributed by atoms with Gasteiger partial charge >= 0.3 is 0 Å². The predicted octanol–water partition coefficient (Wildman–Crippen LogP) is 2.52. The summed E-state index contributed by atoms with van der Waals surface area (Å²) in [5.41, 5.74) is -0.659. The van der Waals surface area contributed by atoms with Crippen LogP contribution in [0.15, 0.2) is 4.99 Å². The summed E-state index contributed by atoms with van der Waals surface area (Å²) in [6.07, 6.45) is 5.96. The summed E-state index contributed by atoms with van der Waals surface area (Å²) in [7, 11) is 2.20. The molecule has 1 rings (SSSR count). The number of guanidine groups is 1. The van der Waals surface area contributed by atoms with E-state index in [1.54, 1.807) is 0 Å². The van der Waals surface area contributed by atoms with E-state index in [0.29, 0.717) is 6.54 Å². The number of nitrogens with one attached hydrogen (secondary N) is 2. The van der Waals surface area contributed by atoms with Crippen LogP contribution in [0.25, 0.3) is 0 Å². The molecule has 0 aromatic rings. The molecule has 1 heterocycles. The number of hydrogen-bond acceptors (Lipinski definition) is 4. The van der Waals surface area contributed by atoms with Gasteiger partial charge in [-0.25, -0.2) is 0 Å². The Morgan fingerprint density at radius 1 is 1.00 bits per heavy atom. The Hall–Kier alpha value is -0.120. The summed E-state index contributed by atoms with van der Waals surface area (Å²) in [6, 6.07) is 0. The van der Waals surface area contributed by atoms with E-state index in [1.807, 2.05) is 0 Å². The van der Waals surface area contributed by atoms with Crippen molar-refractivity contribution in [3.05, 3.63) is 0 Å². The Bertz CT molecular complexity index is 381. The normalized spacial score (nSPS) is 16.9. The van der Waals surface area contributed by atoms with Crippen LogP contribution < -0.4 is 10.6 Å². The average molecular weight is 498 g/mol. The number of piperazine rings is 1. The van der Waals surface area contributed by atoms with Crippen LogP contribution in [0.4, 0.5) is 0 Å². The number of unbranched alkanes of at least 4 members (excludes halogenated alkanes) is 1. The first-order valence-corrected chi connectivity index (χ1v) is 10.7. The molecule has 0 aromatic carbocycles. The van der Waals surface area contributed by atoms with Crippen molar-refractivity contribution in [2.45, 2.75) is 64.9 Å². The van der Waals surface area contributed by atoms with Crippen molar-refractivity contribution < 1.29 is 5.11 Å². The maximum atomic E-state index is 10.7. The number of halogens is 1. The highest BCUT2D eigenvalue weighted by Crippen LogP contribution is 2.19. The van der Waals surface area contributed by atoms with Crippen molar-refractivity contribution in [1.82, 2.24) is 20.4 Å². The summed E-state index contributed by atoms with van der Waals surface area (Å²) < 4.78 is 0. The van der Waals surface area contributed by atoms with E-state index >= 15 is 0 Å². The lowest BCUT2D eigenvalue weighted by Gasteiger charge is -2.32. The maximum absolute atomic E-state index is 10.7. The maximum Gasteiger partial charge on any atom is 0.191 e. The molecule has 0 aliphatic carbocycles. The summed E-state index contributed by atoms with van der Waals surface area (Å²) in [5, 5.41) is 17.4. The molecule has 1 saturated heterocycles. The molecule has 6 nitrogen and oxygen atoms in total. The molecule has 0 spiro atoms. The first-order valence-electron chi connectivity index (χ1n) is 10.7. The molecule has 1 fully saturated rings. The fourth-order valence-corrected chi connectivity index (χ4v) is 3.52. The van der Waals surface area contributed by atoms with E-state index in [4.69, 9.17) is 0 Å². The highest BCUT2D eigenvalue weighted by molar-refractivity contribution is 14.0. The Labute approximate surface area is 184 Å². The van der Waals surface area contributed by atoms with Crippen LogP contribution in [0.5, 0.6) is 0 Å². The third-order valence-electron chi connectivity index (χ3n) is 5.10. The van der Waals surface area contributed by atoms with Gasteiger partial charge in [-0.1, -0.05) is 26.7 Å². The van der Waals surface area contributed by atoms with Gasteiger partial charge in [-0.2, -0.15) is 0 Å². The van der Waals surface area contributed by atoms with Gasteiger partial charge in [0.05, 0.1) is 12.1 Å². The van der Waals surface area contributed by atoms with E-state index in [9.17, 15) is 5.11 Å². The van der Waals surface area contributed by atoms with Gasteiger partial charge in [0, 0.05) is 39.3 Å². The van der Waals surface area contributed by atoms with Crippen molar-refractivity contribution >= 4 is 29.9 Å². The number of aliphatic imine (C=N–C) groups is 1. The summed E-state index contributed by atoms with van der Waals surface area (Å²) in [5.74, 6) is 0.831. The fourth-order valence-electron chi connectivity index (χ4n) is 3.52. The smallest absolute Gasteiger partial charge is 0.191 e. The topological polar surface area (TPSA) is 63.1 Å². The highest BCUT2D eigenvalue weighted by atomic mass is 127. The Morgan fingerprint density at radius 3 is 2.19 bits per heavy atom. The van der Waals surface area contributed by atoms with Crippen LogP contribution >= 0.6 is 24.0 Å². The SMILES string of the molecule is CCCC(O)(CCC)CN=C(NCC)NCCCCN1CCN(C)CC1.I. The number of likely N-dealkylation sites (N-methyl/N-ethyl adjacent to an activating group) is 1. The Morgan fingerprint density at radius 2 is 1.63 bits per heavy atom. The summed E-state index contributed by atoms with van der Waals surface area (Å²) in [4.78, 5) is 9.61. The van der Waals surface area contributed by atoms with Crippen LogP contribution in [0.3, 0.4) is 0 Å². The number of rotatable bonds is 12. The molecule has 0 atom stereocenters. The molecule has 3 N–H and O–H groups in total. The van der Waals surface area contributed by atoms with Crippen molar-refractivity contribution in [3.8, 4) is 0 Å². The summed E-state index contributed by atoms with van der Waals surface area (Å²) >= 11 is 0. The van der Waals surface area contributed by atoms with Crippen molar-refractivity contribution in [2.75, 3.05) is 59.4 Å². The van der Waals surface area contributed by atoms with E-state index < -0.39 is 5.60 Å². The molecule has 0 bridgehead atoms. The quantitative estimate of drug-likeness (QED) is 0.167. The molecule has 0 amide bonds. The second-order valence-corrected chi connectivity index (χ2v) is 7.70. The average Bonchev–Trinajstić information content (AvgIpc) is 2.61. The molecule has 162 valence electrons. The standard InChI is InChI=1S/C20H43N5O.HI/c1-5-10-20(26,11-6-2)18-23-19(21-7-3)22-12-8-9-13-25-16-14-24(4)15-17-25;/h26H,5-18H2,1-4H3,(H2,21,22,23);1H. The molecule has 27 heavy (non-hydrogen) atoms. The van der Waals surface area contributed by atoms with Crippen LogP contribution in [-0.2, 0) is 0 Å².